The van der Waals surface area contributed by atoms with E-state index in [4.69, 9.17) is 0 Å². The zero-order chi connectivity index (χ0) is 18.6. The summed E-state index contributed by atoms with van der Waals surface area (Å²) in [5, 5.41) is 6.22. The van der Waals surface area contributed by atoms with Crippen molar-refractivity contribution in [1.82, 2.24) is 15.4 Å². The van der Waals surface area contributed by atoms with Crippen LogP contribution in [0.15, 0.2) is 42.5 Å². The van der Waals surface area contributed by atoms with Gasteiger partial charge >= 0.3 is 0 Å². The molecular weight excluding hydrogens is 386 g/mol. The molecule has 0 aliphatic carbocycles. The number of rotatable bonds is 7. The summed E-state index contributed by atoms with van der Waals surface area (Å²) in [5.41, 5.74) is 5.04. The minimum Gasteiger partial charge on any atom is -0.348 e. The van der Waals surface area contributed by atoms with E-state index in [-0.39, 0.29) is 30.6 Å². The summed E-state index contributed by atoms with van der Waals surface area (Å²) in [4.78, 5) is 12.3. The largest absolute Gasteiger partial charge is 0.348 e. The Morgan fingerprint density at radius 1 is 1.00 bits per heavy atom. The van der Waals surface area contributed by atoms with Crippen LogP contribution in [-0.4, -0.2) is 20.1 Å². The summed E-state index contributed by atoms with van der Waals surface area (Å²) in [6.45, 7) is 4.07. The summed E-state index contributed by atoms with van der Waals surface area (Å²) in [6, 6.07) is 13.2. The number of amides is 1. The number of hydrogen-bond acceptors (Lipinski definition) is 4. The first-order valence-corrected chi connectivity index (χ1v) is 10.3. The molecule has 0 atom stereocenters. The Bertz CT molecular complexity index is 899. The van der Waals surface area contributed by atoms with Gasteiger partial charge in [0.25, 0.3) is 5.91 Å². The van der Waals surface area contributed by atoms with Crippen molar-refractivity contribution >= 4 is 28.3 Å². The number of benzene rings is 2. The maximum absolute atomic E-state index is 12.3. The van der Waals surface area contributed by atoms with E-state index in [1.165, 1.54) is 11.1 Å². The first kappa shape index (κ1) is 21.4. The lowest BCUT2D eigenvalue weighted by Crippen LogP contribution is -2.25. The molecule has 0 bridgehead atoms. The molecule has 146 valence electrons. The Hall–Kier alpha value is -1.93. The lowest BCUT2D eigenvalue weighted by atomic mass is 10.1. The summed E-state index contributed by atoms with van der Waals surface area (Å²) in [6.07, 6.45) is 0. The highest BCUT2D eigenvalue weighted by molar-refractivity contribution is 7.89. The number of hydrogen-bond donors (Lipinski definition) is 3. The van der Waals surface area contributed by atoms with E-state index < -0.39 is 10.0 Å². The maximum Gasteiger partial charge on any atom is 0.251 e. The molecule has 3 rings (SSSR count). The quantitative estimate of drug-likeness (QED) is 0.653. The minimum atomic E-state index is -3.22. The van der Waals surface area contributed by atoms with Gasteiger partial charge in [0.05, 0.1) is 5.75 Å². The molecule has 27 heavy (non-hydrogen) atoms. The molecule has 0 aromatic heterocycles. The second-order valence-electron chi connectivity index (χ2n) is 6.31. The fourth-order valence-electron chi connectivity index (χ4n) is 2.81. The fraction of sp³-hybridized carbons (Fsp3) is 0.316. The molecule has 0 spiro atoms. The number of carbonyl (C=O) groups is 1. The van der Waals surface area contributed by atoms with E-state index in [1.807, 2.05) is 6.07 Å². The van der Waals surface area contributed by atoms with E-state index in [0.29, 0.717) is 12.1 Å². The van der Waals surface area contributed by atoms with Gasteiger partial charge in [0, 0.05) is 31.7 Å². The molecule has 6 nitrogen and oxygen atoms in total. The lowest BCUT2D eigenvalue weighted by molar-refractivity contribution is 0.0951. The highest BCUT2D eigenvalue weighted by atomic mass is 35.5. The third-order valence-electron chi connectivity index (χ3n) is 4.45. The predicted octanol–water partition coefficient (Wildman–Crippen LogP) is 2.08. The SMILES string of the molecule is CCS(=O)(=O)NCc1ccc(C(=O)NCc2ccc3c(c2)CNC3)cc1.Cl. The van der Waals surface area contributed by atoms with Crippen molar-refractivity contribution in [1.29, 1.82) is 0 Å². The van der Waals surface area contributed by atoms with Gasteiger partial charge in [-0.05, 0) is 41.3 Å². The Kier molecular flexibility index (Phi) is 7.38. The molecule has 1 aliphatic rings. The predicted molar refractivity (Wildman–Crippen MR) is 108 cm³/mol. The summed E-state index contributed by atoms with van der Waals surface area (Å²) in [5.74, 6) is -0.101. The second kappa shape index (κ2) is 9.32. The molecule has 8 heteroatoms. The molecule has 2 aromatic rings. The van der Waals surface area contributed by atoms with E-state index >= 15 is 0 Å². The van der Waals surface area contributed by atoms with Crippen molar-refractivity contribution in [3.63, 3.8) is 0 Å². The highest BCUT2D eigenvalue weighted by Crippen LogP contribution is 2.17. The van der Waals surface area contributed by atoms with Crippen molar-refractivity contribution in [3.05, 3.63) is 70.3 Å². The monoisotopic (exact) mass is 409 g/mol. The molecular formula is C19H24ClN3O3S. The van der Waals surface area contributed by atoms with Crippen LogP contribution in [0.3, 0.4) is 0 Å². The molecule has 0 saturated carbocycles. The van der Waals surface area contributed by atoms with Crippen molar-refractivity contribution in [2.45, 2.75) is 33.1 Å². The third kappa shape index (κ3) is 5.77. The van der Waals surface area contributed by atoms with Crippen molar-refractivity contribution < 1.29 is 13.2 Å². The molecule has 1 aliphatic heterocycles. The average Bonchev–Trinajstić information content (AvgIpc) is 3.13. The van der Waals surface area contributed by atoms with Crippen molar-refractivity contribution in [2.24, 2.45) is 0 Å². The number of nitrogens with one attached hydrogen (secondary N) is 3. The van der Waals surface area contributed by atoms with Gasteiger partial charge in [-0.1, -0.05) is 30.3 Å². The summed E-state index contributed by atoms with van der Waals surface area (Å²) in [7, 11) is -3.22. The van der Waals surface area contributed by atoms with Gasteiger partial charge in [-0.25, -0.2) is 13.1 Å². The standard InChI is InChI=1S/C19H23N3O3S.ClH/c1-2-26(24,25)22-11-14-3-6-16(7-4-14)19(23)21-10-15-5-8-17-12-20-13-18(17)9-15;/h3-9,20,22H,2,10-13H2,1H3,(H,21,23);1H. The van der Waals surface area contributed by atoms with Crippen LogP contribution in [0.5, 0.6) is 0 Å². The van der Waals surface area contributed by atoms with Gasteiger partial charge in [0.15, 0.2) is 0 Å². The van der Waals surface area contributed by atoms with E-state index in [9.17, 15) is 13.2 Å². The van der Waals surface area contributed by atoms with Crippen LogP contribution in [0.2, 0.25) is 0 Å². The Balaban J connectivity index is 0.00000261. The maximum atomic E-state index is 12.3. The van der Waals surface area contributed by atoms with Gasteiger partial charge < -0.3 is 10.6 Å². The Labute approximate surface area is 166 Å². The molecule has 1 amide bonds. The Morgan fingerprint density at radius 2 is 1.67 bits per heavy atom. The summed E-state index contributed by atoms with van der Waals surface area (Å²) >= 11 is 0. The highest BCUT2D eigenvalue weighted by Gasteiger charge is 2.11. The normalized spacial score (nSPS) is 12.9. The molecule has 0 saturated heterocycles. The third-order valence-corrected chi connectivity index (χ3v) is 5.79. The van der Waals surface area contributed by atoms with Crippen LogP contribution in [0.4, 0.5) is 0 Å². The molecule has 3 N–H and O–H groups in total. The van der Waals surface area contributed by atoms with Gasteiger partial charge in [-0.3, -0.25) is 4.79 Å². The molecule has 0 radical (unpaired) electrons. The van der Waals surface area contributed by atoms with Crippen LogP contribution in [0.1, 0.15) is 39.5 Å². The smallest absolute Gasteiger partial charge is 0.251 e. The molecule has 2 aromatic carbocycles. The first-order valence-electron chi connectivity index (χ1n) is 8.63. The molecule has 0 fully saturated rings. The van der Waals surface area contributed by atoms with Gasteiger partial charge in [0.1, 0.15) is 0 Å². The Morgan fingerprint density at radius 3 is 2.37 bits per heavy atom. The number of halogens is 1. The zero-order valence-corrected chi connectivity index (χ0v) is 16.8. The van der Waals surface area contributed by atoms with Crippen LogP contribution >= 0.6 is 12.4 Å². The van der Waals surface area contributed by atoms with Gasteiger partial charge in [-0.2, -0.15) is 0 Å². The zero-order valence-electron chi connectivity index (χ0n) is 15.1. The number of sulfonamides is 1. The van der Waals surface area contributed by atoms with E-state index in [2.05, 4.69) is 27.5 Å². The first-order chi connectivity index (χ1) is 12.5. The fourth-order valence-corrected chi connectivity index (χ4v) is 3.40. The lowest BCUT2D eigenvalue weighted by Gasteiger charge is -2.08. The topological polar surface area (TPSA) is 87.3 Å². The molecule has 0 unspecified atom stereocenters. The van der Waals surface area contributed by atoms with Gasteiger partial charge in [-0.15, -0.1) is 12.4 Å². The van der Waals surface area contributed by atoms with Crippen LogP contribution in [0.25, 0.3) is 0 Å². The van der Waals surface area contributed by atoms with Crippen molar-refractivity contribution in [3.8, 4) is 0 Å². The number of fused-ring (bicyclic) bond motifs is 1. The summed E-state index contributed by atoms with van der Waals surface area (Å²) < 4.78 is 25.4. The average molecular weight is 410 g/mol. The van der Waals surface area contributed by atoms with Crippen LogP contribution in [-0.2, 0) is 36.2 Å². The minimum absolute atomic E-state index is 0. The number of carbonyl (C=O) groups excluding carboxylic acids is 1. The van der Waals surface area contributed by atoms with E-state index in [0.717, 1.165) is 24.2 Å². The second-order valence-corrected chi connectivity index (χ2v) is 8.41. The van der Waals surface area contributed by atoms with Crippen LogP contribution < -0.4 is 15.4 Å². The van der Waals surface area contributed by atoms with Crippen molar-refractivity contribution in [2.75, 3.05) is 5.75 Å². The van der Waals surface area contributed by atoms with E-state index in [1.54, 1.807) is 31.2 Å². The van der Waals surface area contributed by atoms with Gasteiger partial charge in [0.2, 0.25) is 10.0 Å². The van der Waals surface area contributed by atoms with Crippen LogP contribution in [0, 0.1) is 0 Å². The molecule has 1 heterocycles.